The van der Waals surface area contributed by atoms with Crippen LogP contribution in [-0.4, -0.2) is 40.0 Å². The van der Waals surface area contributed by atoms with E-state index in [-0.39, 0.29) is 18.4 Å². The number of benzene rings is 1. The Kier molecular flexibility index (Phi) is 6.51. The second-order valence-corrected chi connectivity index (χ2v) is 6.15. The van der Waals surface area contributed by atoms with Crippen LogP contribution in [0.5, 0.6) is 5.75 Å². The van der Waals surface area contributed by atoms with Gasteiger partial charge >= 0.3 is 5.97 Å². The molecule has 0 radical (unpaired) electrons. The maximum Gasteiger partial charge on any atom is 0.323 e. The smallest absolute Gasteiger partial charge is 0.323 e. The summed E-state index contributed by atoms with van der Waals surface area (Å²) in [6, 6.07) is 10.5. The van der Waals surface area contributed by atoms with Gasteiger partial charge in [0.2, 0.25) is 0 Å². The Bertz CT molecular complexity index is 716. The molecule has 0 aliphatic rings. The van der Waals surface area contributed by atoms with Gasteiger partial charge in [0.25, 0.3) is 5.91 Å². The van der Waals surface area contributed by atoms with Gasteiger partial charge in [-0.1, -0.05) is 26.0 Å². The van der Waals surface area contributed by atoms with Crippen molar-refractivity contribution in [3.05, 3.63) is 59.9 Å². The molecule has 2 rings (SSSR count). The number of aliphatic carboxylic acids is 1. The van der Waals surface area contributed by atoms with Crippen molar-refractivity contribution < 1.29 is 19.4 Å². The first-order valence-electron chi connectivity index (χ1n) is 8.08. The minimum absolute atomic E-state index is 0.174. The largest absolute Gasteiger partial charge is 0.489 e. The highest BCUT2D eigenvalue weighted by Gasteiger charge is 2.20. The first kappa shape index (κ1) is 18.4. The lowest BCUT2D eigenvalue weighted by Crippen LogP contribution is -2.38. The fourth-order valence-electron chi connectivity index (χ4n) is 2.37. The zero-order chi connectivity index (χ0) is 18.2. The van der Waals surface area contributed by atoms with Gasteiger partial charge < -0.3 is 14.7 Å². The number of aromatic nitrogens is 1. The summed E-state index contributed by atoms with van der Waals surface area (Å²) in [7, 11) is 0. The van der Waals surface area contributed by atoms with E-state index in [0.717, 1.165) is 5.56 Å². The van der Waals surface area contributed by atoms with Crippen molar-refractivity contribution in [2.75, 3.05) is 13.1 Å². The Morgan fingerprint density at radius 1 is 1.24 bits per heavy atom. The minimum atomic E-state index is -1.03. The van der Waals surface area contributed by atoms with E-state index in [1.807, 2.05) is 26.0 Å². The lowest BCUT2D eigenvalue weighted by molar-refractivity contribution is -0.137. The summed E-state index contributed by atoms with van der Waals surface area (Å²) in [5.41, 5.74) is 1.33. The Morgan fingerprint density at radius 3 is 2.68 bits per heavy atom. The van der Waals surface area contributed by atoms with E-state index in [0.29, 0.717) is 24.5 Å². The van der Waals surface area contributed by atoms with Gasteiger partial charge in [-0.2, -0.15) is 0 Å². The fourth-order valence-corrected chi connectivity index (χ4v) is 2.37. The summed E-state index contributed by atoms with van der Waals surface area (Å²) in [5.74, 6) is -0.622. The van der Waals surface area contributed by atoms with E-state index in [2.05, 4.69) is 4.98 Å². The monoisotopic (exact) mass is 342 g/mol. The first-order chi connectivity index (χ1) is 12.0. The van der Waals surface area contributed by atoms with Crippen LogP contribution in [-0.2, 0) is 11.4 Å². The molecule has 0 atom stereocenters. The molecule has 2 aromatic rings. The summed E-state index contributed by atoms with van der Waals surface area (Å²) in [6.07, 6.45) is 3.40. The number of nitrogens with zero attached hydrogens (tertiary/aromatic N) is 2. The van der Waals surface area contributed by atoms with Crippen molar-refractivity contribution in [1.29, 1.82) is 0 Å². The van der Waals surface area contributed by atoms with Crippen molar-refractivity contribution in [3.8, 4) is 5.75 Å². The average molecular weight is 342 g/mol. The van der Waals surface area contributed by atoms with E-state index in [1.165, 1.54) is 4.90 Å². The molecular formula is C19H22N2O4. The molecule has 0 bridgehead atoms. The van der Waals surface area contributed by atoms with Crippen molar-refractivity contribution in [1.82, 2.24) is 9.88 Å². The number of pyridine rings is 1. The van der Waals surface area contributed by atoms with Gasteiger partial charge in [0.1, 0.15) is 18.9 Å². The van der Waals surface area contributed by atoms with Crippen LogP contribution in [0, 0.1) is 5.92 Å². The van der Waals surface area contributed by atoms with Crippen LogP contribution < -0.4 is 4.74 Å². The third-order valence-electron chi connectivity index (χ3n) is 3.41. The normalized spacial score (nSPS) is 10.5. The zero-order valence-electron chi connectivity index (χ0n) is 14.4. The summed E-state index contributed by atoms with van der Waals surface area (Å²) < 4.78 is 5.70. The third kappa shape index (κ3) is 5.91. The van der Waals surface area contributed by atoms with Gasteiger partial charge in [0.15, 0.2) is 0 Å². The molecule has 0 aliphatic carbocycles. The fraction of sp³-hybridized carbons (Fsp3) is 0.316. The summed E-state index contributed by atoms with van der Waals surface area (Å²) in [4.78, 5) is 29.0. The molecule has 0 unspecified atom stereocenters. The first-order valence-corrected chi connectivity index (χ1v) is 8.08. The molecule has 0 saturated carbocycles. The lowest BCUT2D eigenvalue weighted by Gasteiger charge is -2.23. The van der Waals surface area contributed by atoms with Crippen LogP contribution in [0.25, 0.3) is 0 Å². The number of carboxylic acid groups (broad SMARTS) is 1. The topological polar surface area (TPSA) is 79.7 Å². The van der Waals surface area contributed by atoms with Gasteiger partial charge in [-0.25, -0.2) is 0 Å². The van der Waals surface area contributed by atoms with E-state index in [9.17, 15) is 9.59 Å². The molecule has 0 spiro atoms. The minimum Gasteiger partial charge on any atom is -0.489 e. The molecule has 1 amide bonds. The number of carbonyl (C=O) groups excluding carboxylic acids is 1. The summed E-state index contributed by atoms with van der Waals surface area (Å²) in [5, 5.41) is 9.03. The van der Waals surface area contributed by atoms with Crippen LogP contribution in [0.2, 0.25) is 0 Å². The molecule has 1 aromatic carbocycles. The van der Waals surface area contributed by atoms with Crippen LogP contribution in [0.3, 0.4) is 0 Å². The van der Waals surface area contributed by atoms with Crippen LogP contribution >= 0.6 is 0 Å². The van der Waals surface area contributed by atoms with Gasteiger partial charge in [-0.15, -0.1) is 0 Å². The SMILES string of the molecule is CC(C)CN(CC(=O)O)C(=O)c1cccc(OCc2cccnc2)c1. The quantitative estimate of drug-likeness (QED) is 0.798. The molecule has 1 aromatic heterocycles. The van der Waals surface area contributed by atoms with E-state index in [1.54, 1.807) is 36.7 Å². The third-order valence-corrected chi connectivity index (χ3v) is 3.41. The lowest BCUT2D eigenvalue weighted by atomic mass is 10.1. The number of hydrogen-bond acceptors (Lipinski definition) is 4. The van der Waals surface area contributed by atoms with Crippen molar-refractivity contribution in [2.24, 2.45) is 5.92 Å². The van der Waals surface area contributed by atoms with Crippen molar-refractivity contribution in [3.63, 3.8) is 0 Å². The Hall–Kier alpha value is -2.89. The van der Waals surface area contributed by atoms with Gasteiger partial charge in [0.05, 0.1) is 0 Å². The van der Waals surface area contributed by atoms with E-state index < -0.39 is 5.97 Å². The summed E-state index contributed by atoms with van der Waals surface area (Å²) >= 11 is 0. The molecule has 25 heavy (non-hydrogen) atoms. The average Bonchev–Trinajstić information content (AvgIpc) is 2.59. The standard InChI is InChI=1S/C19H22N2O4/c1-14(2)11-21(12-18(22)23)19(24)16-6-3-7-17(9-16)25-13-15-5-4-8-20-10-15/h3-10,14H,11-13H2,1-2H3,(H,22,23). The van der Waals surface area contributed by atoms with Gasteiger partial charge in [-0.3, -0.25) is 14.6 Å². The number of carboxylic acids is 1. The van der Waals surface area contributed by atoms with Crippen molar-refractivity contribution in [2.45, 2.75) is 20.5 Å². The molecular weight excluding hydrogens is 320 g/mol. The van der Waals surface area contributed by atoms with Gasteiger partial charge in [0, 0.05) is 30.1 Å². The highest BCUT2D eigenvalue weighted by atomic mass is 16.5. The highest BCUT2D eigenvalue weighted by molar-refractivity contribution is 5.96. The number of ether oxygens (including phenoxy) is 1. The van der Waals surface area contributed by atoms with Crippen LogP contribution in [0.15, 0.2) is 48.8 Å². The predicted molar refractivity (Wildman–Crippen MR) is 93.4 cm³/mol. The number of amides is 1. The number of carbonyl (C=O) groups is 2. The molecule has 132 valence electrons. The molecule has 0 fully saturated rings. The second kappa shape index (κ2) is 8.82. The van der Waals surface area contributed by atoms with Crippen LogP contribution in [0.1, 0.15) is 29.8 Å². The Labute approximate surface area is 147 Å². The maximum atomic E-state index is 12.6. The van der Waals surface area contributed by atoms with Crippen molar-refractivity contribution >= 4 is 11.9 Å². The Morgan fingerprint density at radius 2 is 2.04 bits per heavy atom. The highest BCUT2D eigenvalue weighted by Crippen LogP contribution is 2.17. The Balaban J connectivity index is 2.09. The molecule has 6 heteroatoms. The molecule has 0 aliphatic heterocycles. The molecule has 1 heterocycles. The summed E-state index contributed by atoms with van der Waals surface area (Å²) in [6.45, 7) is 4.28. The maximum absolute atomic E-state index is 12.6. The molecule has 6 nitrogen and oxygen atoms in total. The van der Waals surface area contributed by atoms with Gasteiger partial charge in [-0.05, 0) is 30.2 Å². The van der Waals surface area contributed by atoms with E-state index in [4.69, 9.17) is 9.84 Å². The van der Waals surface area contributed by atoms with Crippen LogP contribution in [0.4, 0.5) is 0 Å². The molecule has 1 N–H and O–H groups in total. The molecule has 0 saturated heterocycles. The predicted octanol–water partition coefficient (Wildman–Crippen LogP) is 2.84. The zero-order valence-corrected chi connectivity index (χ0v) is 14.4. The second-order valence-electron chi connectivity index (χ2n) is 6.15. The van der Waals surface area contributed by atoms with E-state index >= 15 is 0 Å². The number of rotatable bonds is 8. The number of hydrogen-bond donors (Lipinski definition) is 1.